The van der Waals surface area contributed by atoms with E-state index < -0.39 is 0 Å². The van der Waals surface area contributed by atoms with E-state index in [-0.39, 0.29) is 5.25 Å². The molecule has 4 nitrogen and oxygen atoms in total. The zero-order valence-corrected chi connectivity index (χ0v) is 15.9. The van der Waals surface area contributed by atoms with Crippen LogP contribution in [0.15, 0.2) is 29.8 Å². The molecule has 0 bridgehead atoms. The number of thiazole rings is 1. The molecule has 4 rings (SSSR count). The van der Waals surface area contributed by atoms with Crippen LogP contribution in [0.4, 0.5) is 5.82 Å². The molecule has 8 heteroatoms. The minimum Gasteiger partial charge on any atom is -0.369 e. The molecule has 1 unspecified atom stereocenters. The fourth-order valence-electron chi connectivity index (χ4n) is 2.89. The summed E-state index contributed by atoms with van der Waals surface area (Å²) in [5.74, 6) is 2.01. The summed E-state index contributed by atoms with van der Waals surface area (Å²) < 4.78 is 1.90. The predicted octanol–water partition coefficient (Wildman–Crippen LogP) is 5.10. The van der Waals surface area contributed by atoms with Gasteiger partial charge >= 0.3 is 0 Å². The number of hydrogen-bond donors (Lipinski definition) is 1. The van der Waals surface area contributed by atoms with E-state index in [4.69, 9.17) is 28.3 Å². The molecule has 1 atom stereocenters. The first kappa shape index (κ1) is 16.3. The molecule has 0 amide bonds. The molecule has 1 N–H and O–H groups in total. The van der Waals surface area contributed by atoms with E-state index in [0.29, 0.717) is 10.0 Å². The van der Waals surface area contributed by atoms with Crippen molar-refractivity contribution in [2.75, 3.05) is 17.6 Å². The lowest BCUT2D eigenvalue weighted by Gasteiger charge is -2.17. The van der Waals surface area contributed by atoms with E-state index in [1.807, 2.05) is 47.2 Å². The maximum absolute atomic E-state index is 6.51. The second-order valence-corrected chi connectivity index (χ2v) is 8.37. The number of anilines is 1. The van der Waals surface area contributed by atoms with Crippen LogP contribution >= 0.6 is 46.3 Å². The molecule has 0 saturated heterocycles. The van der Waals surface area contributed by atoms with E-state index in [9.17, 15) is 0 Å². The van der Waals surface area contributed by atoms with Gasteiger partial charge in [-0.25, -0.2) is 4.98 Å². The van der Waals surface area contributed by atoms with Gasteiger partial charge in [0.1, 0.15) is 16.5 Å². The van der Waals surface area contributed by atoms with Crippen molar-refractivity contribution in [2.24, 2.45) is 7.05 Å². The van der Waals surface area contributed by atoms with Crippen LogP contribution in [-0.2, 0) is 7.05 Å². The number of aryl methyl sites for hydroxylation is 1. The zero-order chi connectivity index (χ0) is 16.7. The van der Waals surface area contributed by atoms with Gasteiger partial charge in [-0.3, -0.25) is 4.68 Å². The predicted molar refractivity (Wildman–Crippen MR) is 104 cm³/mol. The molecule has 3 heterocycles. The molecule has 24 heavy (non-hydrogen) atoms. The maximum atomic E-state index is 6.51. The van der Waals surface area contributed by atoms with E-state index in [2.05, 4.69) is 10.3 Å². The van der Waals surface area contributed by atoms with Crippen molar-refractivity contribution in [3.63, 3.8) is 0 Å². The first-order valence-electron chi connectivity index (χ1n) is 7.42. The second-order valence-electron chi connectivity index (χ2n) is 5.42. The highest BCUT2D eigenvalue weighted by atomic mass is 35.5. The summed E-state index contributed by atoms with van der Waals surface area (Å²) in [6.45, 7) is 0.885. The Bertz CT molecular complexity index is 877. The number of halogens is 2. The molecular formula is C16H14Cl2N4S2. The number of nitrogens with one attached hydrogen (secondary N) is 1. The smallest absolute Gasteiger partial charge is 0.144 e. The standard InChI is InChI=1S/C16H14Cl2N4S2/c1-22-15-12(13(21-22)16-20-5-7-24-16)14(23-6-4-19-15)10-3-2-9(17)8-11(10)18/h2-3,5,7-8,14,19H,4,6H2,1H3. The van der Waals surface area contributed by atoms with Crippen LogP contribution in [0.2, 0.25) is 10.0 Å². The van der Waals surface area contributed by atoms with Gasteiger partial charge in [-0.2, -0.15) is 5.10 Å². The Hall–Kier alpha value is -1.21. The number of aromatic nitrogens is 3. The topological polar surface area (TPSA) is 42.7 Å². The molecule has 2 aromatic heterocycles. The third kappa shape index (κ3) is 2.81. The van der Waals surface area contributed by atoms with Crippen molar-refractivity contribution >= 4 is 52.1 Å². The first-order valence-corrected chi connectivity index (χ1v) is 10.1. The molecule has 3 aromatic rings. The van der Waals surface area contributed by atoms with E-state index in [1.165, 1.54) is 0 Å². The van der Waals surface area contributed by atoms with Gasteiger partial charge in [0.15, 0.2) is 0 Å². The third-order valence-electron chi connectivity index (χ3n) is 3.90. The Balaban J connectivity index is 1.92. The fourth-order valence-corrected chi connectivity index (χ4v) is 5.33. The molecule has 0 radical (unpaired) electrons. The second kappa shape index (κ2) is 6.59. The van der Waals surface area contributed by atoms with E-state index >= 15 is 0 Å². The van der Waals surface area contributed by atoms with Crippen LogP contribution in [0, 0.1) is 0 Å². The summed E-state index contributed by atoms with van der Waals surface area (Å²) >= 11 is 16.0. The van der Waals surface area contributed by atoms with Crippen molar-refractivity contribution in [1.82, 2.24) is 14.8 Å². The van der Waals surface area contributed by atoms with Crippen molar-refractivity contribution in [2.45, 2.75) is 5.25 Å². The Kier molecular flexibility index (Phi) is 4.47. The summed E-state index contributed by atoms with van der Waals surface area (Å²) in [5.41, 5.74) is 3.11. The summed E-state index contributed by atoms with van der Waals surface area (Å²) in [7, 11) is 1.96. The van der Waals surface area contributed by atoms with Crippen LogP contribution in [0.3, 0.4) is 0 Å². The monoisotopic (exact) mass is 396 g/mol. The molecule has 0 saturated carbocycles. The zero-order valence-electron chi connectivity index (χ0n) is 12.8. The number of fused-ring (bicyclic) bond motifs is 1. The number of benzene rings is 1. The van der Waals surface area contributed by atoms with Gasteiger partial charge in [0.25, 0.3) is 0 Å². The van der Waals surface area contributed by atoms with E-state index in [0.717, 1.165) is 39.9 Å². The van der Waals surface area contributed by atoms with Crippen molar-refractivity contribution in [3.05, 3.63) is 50.9 Å². The Morgan fingerprint density at radius 2 is 2.21 bits per heavy atom. The fraction of sp³-hybridized carbons (Fsp3) is 0.250. The van der Waals surface area contributed by atoms with Crippen molar-refractivity contribution in [3.8, 4) is 10.7 Å². The Morgan fingerprint density at radius 3 is 2.96 bits per heavy atom. The van der Waals surface area contributed by atoms with Crippen LogP contribution in [-0.4, -0.2) is 27.1 Å². The number of hydrogen-bond acceptors (Lipinski definition) is 5. The highest BCUT2D eigenvalue weighted by molar-refractivity contribution is 7.99. The normalized spacial score (nSPS) is 17.2. The van der Waals surface area contributed by atoms with Gasteiger partial charge in [-0.05, 0) is 17.7 Å². The van der Waals surface area contributed by atoms with Gasteiger partial charge in [0.2, 0.25) is 0 Å². The quantitative estimate of drug-likeness (QED) is 0.654. The lowest BCUT2D eigenvalue weighted by Crippen LogP contribution is -2.06. The summed E-state index contributed by atoms with van der Waals surface area (Å²) in [6, 6.07) is 5.70. The van der Waals surface area contributed by atoms with Gasteiger partial charge in [-0.1, -0.05) is 29.3 Å². The number of nitrogens with zero attached hydrogens (tertiary/aromatic N) is 3. The minimum atomic E-state index is 0.0902. The van der Waals surface area contributed by atoms with Crippen LogP contribution in [0.5, 0.6) is 0 Å². The molecule has 0 aliphatic carbocycles. The molecular weight excluding hydrogens is 383 g/mol. The summed E-state index contributed by atoms with van der Waals surface area (Å²) in [5, 5.41) is 12.5. The van der Waals surface area contributed by atoms with Gasteiger partial charge in [-0.15, -0.1) is 23.1 Å². The Labute approximate surface area is 158 Å². The molecule has 124 valence electrons. The molecule has 0 spiro atoms. The molecule has 1 aliphatic heterocycles. The maximum Gasteiger partial charge on any atom is 0.144 e. The number of thioether (sulfide) groups is 1. The summed E-state index contributed by atoms with van der Waals surface area (Å²) in [4.78, 5) is 4.45. The van der Waals surface area contributed by atoms with Crippen molar-refractivity contribution in [1.29, 1.82) is 0 Å². The van der Waals surface area contributed by atoms with Crippen molar-refractivity contribution < 1.29 is 0 Å². The highest BCUT2D eigenvalue weighted by Gasteiger charge is 2.31. The van der Waals surface area contributed by atoms with Crippen LogP contribution < -0.4 is 5.32 Å². The molecule has 1 aliphatic rings. The highest BCUT2D eigenvalue weighted by Crippen LogP contribution is 2.47. The van der Waals surface area contributed by atoms with Gasteiger partial charge in [0, 0.05) is 46.5 Å². The third-order valence-corrected chi connectivity index (χ3v) is 6.51. The summed E-state index contributed by atoms with van der Waals surface area (Å²) in [6.07, 6.45) is 1.81. The average molecular weight is 397 g/mol. The first-order chi connectivity index (χ1) is 11.6. The Morgan fingerprint density at radius 1 is 1.33 bits per heavy atom. The van der Waals surface area contributed by atoms with Crippen LogP contribution in [0.1, 0.15) is 16.4 Å². The number of rotatable bonds is 2. The molecule has 1 aromatic carbocycles. The lowest BCUT2D eigenvalue weighted by atomic mass is 10.0. The van der Waals surface area contributed by atoms with Gasteiger partial charge < -0.3 is 5.32 Å². The van der Waals surface area contributed by atoms with E-state index in [1.54, 1.807) is 17.4 Å². The van der Waals surface area contributed by atoms with Crippen LogP contribution in [0.25, 0.3) is 10.7 Å². The minimum absolute atomic E-state index is 0.0902. The largest absolute Gasteiger partial charge is 0.369 e. The molecule has 0 fully saturated rings. The lowest BCUT2D eigenvalue weighted by molar-refractivity contribution is 0.773. The average Bonchev–Trinajstić information content (AvgIpc) is 3.12. The van der Waals surface area contributed by atoms with Gasteiger partial charge in [0.05, 0.1) is 5.25 Å². The SMILES string of the molecule is Cn1nc(-c2nccs2)c2c1NCCSC2c1ccc(Cl)cc1Cl.